The van der Waals surface area contributed by atoms with Crippen LogP contribution in [-0.2, 0) is 11.2 Å². The van der Waals surface area contributed by atoms with Gasteiger partial charge in [0.2, 0.25) is 0 Å². The first kappa shape index (κ1) is 18.8. The molecule has 0 spiro atoms. The van der Waals surface area contributed by atoms with Crippen molar-refractivity contribution in [3.8, 4) is 11.1 Å². The number of nitrogens with one attached hydrogen (secondary N) is 1. The van der Waals surface area contributed by atoms with Crippen LogP contribution < -0.4 is 5.73 Å². The van der Waals surface area contributed by atoms with Crippen LogP contribution in [0.25, 0.3) is 28.1 Å². The van der Waals surface area contributed by atoms with Gasteiger partial charge in [0.25, 0.3) is 5.91 Å². The summed E-state index contributed by atoms with van der Waals surface area (Å²) >= 11 is 1.49. The van der Waals surface area contributed by atoms with E-state index < -0.39 is 5.91 Å². The van der Waals surface area contributed by atoms with Gasteiger partial charge in [-0.2, -0.15) is 0 Å². The number of amides is 1. The summed E-state index contributed by atoms with van der Waals surface area (Å²) in [4.78, 5) is 31.4. The fourth-order valence-corrected chi connectivity index (χ4v) is 4.02. The number of allylic oxidation sites excluding steroid dienone is 1. The first-order chi connectivity index (χ1) is 14.0. The maximum atomic E-state index is 12.4. The topological polar surface area (TPSA) is 88.8 Å². The Hall–Kier alpha value is -3.51. The first-order valence-corrected chi connectivity index (χ1v) is 10.0. The number of carbonyl (C=O) groups is 2. The molecule has 0 bridgehead atoms. The zero-order chi connectivity index (χ0) is 20.4. The highest BCUT2D eigenvalue weighted by molar-refractivity contribution is 7.10. The number of fused-ring (bicyclic) bond motifs is 1. The number of H-pyrrole nitrogens is 1. The number of nitrogens with two attached hydrogens (primary N) is 1. The lowest BCUT2D eigenvalue weighted by atomic mass is 9.91. The van der Waals surface area contributed by atoms with E-state index in [-0.39, 0.29) is 5.78 Å². The number of rotatable bonds is 6. The maximum Gasteiger partial charge on any atom is 0.250 e. The van der Waals surface area contributed by atoms with Crippen LogP contribution in [0.15, 0.2) is 60.2 Å². The van der Waals surface area contributed by atoms with E-state index in [1.807, 2.05) is 42.6 Å². The summed E-state index contributed by atoms with van der Waals surface area (Å²) in [5, 5.41) is 3.62. The Morgan fingerprint density at radius 2 is 2.03 bits per heavy atom. The number of aromatic nitrogens is 2. The molecule has 6 heteroatoms. The van der Waals surface area contributed by atoms with Gasteiger partial charge >= 0.3 is 0 Å². The maximum absolute atomic E-state index is 12.4. The zero-order valence-electron chi connectivity index (χ0n) is 15.8. The molecule has 2 aromatic carbocycles. The highest BCUT2D eigenvalue weighted by Crippen LogP contribution is 2.33. The zero-order valence-corrected chi connectivity index (χ0v) is 16.6. The van der Waals surface area contributed by atoms with E-state index in [1.54, 1.807) is 30.6 Å². The second-order valence-corrected chi connectivity index (χ2v) is 7.65. The van der Waals surface area contributed by atoms with Crippen LogP contribution in [0.4, 0.5) is 0 Å². The van der Waals surface area contributed by atoms with E-state index in [0.717, 1.165) is 38.2 Å². The van der Waals surface area contributed by atoms with Crippen LogP contribution >= 0.6 is 11.3 Å². The molecule has 3 N–H and O–H groups in total. The predicted octanol–water partition coefficient (Wildman–Crippen LogP) is 4.52. The summed E-state index contributed by atoms with van der Waals surface area (Å²) in [6, 6.07) is 11.5. The molecule has 0 fully saturated rings. The second kappa shape index (κ2) is 7.85. The van der Waals surface area contributed by atoms with E-state index in [2.05, 4.69) is 9.97 Å². The summed E-state index contributed by atoms with van der Waals surface area (Å²) in [7, 11) is 0. The fourth-order valence-electron chi connectivity index (χ4n) is 3.49. The van der Waals surface area contributed by atoms with Gasteiger partial charge in [0.05, 0.1) is 11.1 Å². The molecular weight excluding hydrogens is 382 g/mol. The number of thiazole rings is 1. The van der Waals surface area contributed by atoms with Gasteiger partial charge in [-0.25, -0.2) is 4.98 Å². The third-order valence-electron chi connectivity index (χ3n) is 4.95. The van der Waals surface area contributed by atoms with Gasteiger partial charge in [0.15, 0.2) is 5.78 Å². The molecule has 4 rings (SSSR count). The van der Waals surface area contributed by atoms with Crippen LogP contribution in [0, 0.1) is 6.92 Å². The van der Waals surface area contributed by atoms with Crippen molar-refractivity contribution in [2.45, 2.75) is 13.3 Å². The van der Waals surface area contributed by atoms with Gasteiger partial charge in [-0.3, -0.25) is 9.59 Å². The lowest BCUT2D eigenvalue weighted by molar-refractivity contribution is -0.113. The summed E-state index contributed by atoms with van der Waals surface area (Å²) in [6.07, 6.45) is 7.16. The quantitative estimate of drug-likeness (QED) is 0.465. The number of primary amides is 1. The number of ketones is 1. The van der Waals surface area contributed by atoms with Crippen LogP contribution in [0.3, 0.4) is 0 Å². The Labute approximate surface area is 171 Å². The number of nitrogens with zero attached hydrogens (tertiary/aromatic N) is 1. The number of hydrogen-bond donors (Lipinski definition) is 2. The molecule has 0 aliphatic rings. The molecule has 1 amide bonds. The van der Waals surface area contributed by atoms with Crippen LogP contribution in [0.5, 0.6) is 0 Å². The molecule has 0 unspecified atom stereocenters. The molecule has 4 aromatic rings. The van der Waals surface area contributed by atoms with Crippen molar-refractivity contribution < 1.29 is 9.59 Å². The van der Waals surface area contributed by atoms with Crippen molar-refractivity contribution in [1.82, 2.24) is 9.97 Å². The molecule has 144 valence electrons. The first-order valence-electron chi connectivity index (χ1n) is 9.14. The van der Waals surface area contributed by atoms with Gasteiger partial charge in [-0.1, -0.05) is 24.3 Å². The van der Waals surface area contributed by atoms with Crippen LogP contribution in [-0.4, -0.2) is 21.7 Å². The van der Waals surface area contributed by atoms with Crippen molar-refractivity contribution >= 4 is 40.0 Å². The molecule has 5 nitrogen and oxygen atoms in total. The Morgan fingerprint density at radius 1 is 1.17 bits per heavy atom. The minimum absolute atomic E-state index is 0.0244. The number of benzene rings is 2. The summed E-state index contributed by atoms with van der Waals surface area (Å²) < 4.78 is 0. The average molecular weight is 401 g/mol. The number of carbonyl (C=O) groups excluding carboxylic acids is 2. The standard InChI is InChI=1S/C23H19N3O2S/c1-14-15(13-16(27)5-8-21-25-11-12-29-21)3-2-4-17(14)18-6-7-20(23(24)28)22-19(18)9-10-26-22/h2-12,26H,13H2,1H3,(H2,24,28)/b8-5+. The molecular formula is C23H19N3O2S. The molecule has 2 aromatic heterocycles. The highest BCUT2D eigenvalue weighted by atomic mass is 32.1. The molecule has 0 aliphatic heterocycles. The number of aromatic amines is 1. The lowest BCUT2D eigenvalue weighted by Crippen LogP contribution is -2.11. The van der Waals surface area contributed by atoms with Crippen molar-refractivity contribution in [2.24, 2.45) is 5.73 Å². The SMILES string of the molecule is Cc1c(CC(=O)/C=C/c2nccs2)cccc1-c1ccc(C(N)=O)c2[nH]ccc12. The highest BCUT2D eigenvalue weighted by Gasteiger charge is 2.15. The van der Waals surface area contributed by atoms with Gasteiger partial charge in [0.1, 0.15) is 5.01 Å². The Balaban J connectivity index is 1.68. The van der Waals surface area contributed by atoms with Crippen molar-refractivity contribution in [3.05, 3.63) is 81.9 Å². The van der Waals surface area contributed by atoms with Gasteiger partial charge in [0, 0.05) is 29.6 Å². The Bertz CT molecular complexity index is 1240. The molecule has 0 saturated heterocycles. The number of hydrogen-bond acceptors (Lipinski definition) is 4. The third kappa shape index (κ3) is 3.75. The molecule has 2 heterocycles. The van der Waals surface area contributed by atoms with E-state index in [9.17, 15) is 9.59 Å². The molecule has 0 aliphatic carbocycles. The summed E-state index contributed by atoms with van der Waals surface area (Å²) in [5.41, 5.74) is 10.7. The van der Waals surface area contributed by atoms with E-state index >= 15 is 0 Å². The normalized spacial score (nSPS) is 11.3. The molecule has 0 saturated carbocycles. The van der Waals surface area contributed by atoms with E-state index in [0.29, 0.717) is 12.0 Å². The van der Waals surface area contributed by atoms with Crippen LogP contribution in [0.1, 0.15) is 26.5 Å². The molecule has 0 radical (unpaired) electrons. The lowest BCUT2D eigenvalue weighted by Gasteiger charge is -2.13. The van der Waals surface area contributed by atoms with Gasteiger partial charge in [-0.05, 0) is 53.5 Å². The van der Waals surface area contributed by atoms with Gasteiger partial charge in [-0.15, -0.1) is 11.3 Å². The molecule has 29 heavy (non-hydrogen) atoms. The largest absolute Gasteiger partial charge is 0.366 e. The minimum Gasteiger partial charge on any atom is -0.366 e. The van der Waals surface area contributed by atoms with Crippen LogP contribution in [0.2, 0.25) is 0 Å². The Morgan fingerprint density at radius 3 is 2.79 bits per heavy atom. The smallest absolute Gasteiger partial charge is 0.250 e. The Kier molecular flexibility index (Phi) is 5.10. The van der Waals surface area contributed by atoms with Crippen molar-refractivity contribution in [1.29, 1.82) is 0 Å². The van der Waals surface area contributed by atoms with Gasteiger partial charge < -0.3 is 10.7 Å². The second-order valence-electron chi connectivity index (χ2n) is 6.73. The predicted molar refractivity (Wildman–Crippen MR) is 117 cm³/mol. The monoisotopic (exact) mass is 401 g/mol. The van der Waals surface area contributed by atoms with Crippen molar-refractivity contribution in [2.75, 3.05) is 0 Å². The fraction of sp³-hybridized carbons (Fsp3) is 0.0870. The average Bonchev–Trinajstić information content (AvgIpc) is 3.39. The van der Waals surface area contributed by atoms with Crippen molar-refractivity contribution in [3.63, 3.8) is 0 Å². The summed E-state index contributed by atoms with van der Waals surface area (Å²) in [5.74, 6) is -0.441. The van der Waals surface area contributed by atoms with E-state index in [4.69, 9.17) is 5.73 Å². The van der Waals surface area contributed by atoms with E-state index in [1.165, 1.54) is 11.3 Å². The molecule has 0 atom stereocenters. The minimum atomic E-state index is -0.466. The summed E-state index contributed by atoms with van der Waals surface area (Å²) in [6.45, 7) is 2.02. The third-order valence-corrected chi connectivity index (χ3v) is 5.69.